The van der Waals surface area contributed by atoms with Crippen LogP contribution in [0.3, 0.4) is 0 Å². The van der Waals surface area contributed by atoms with Crippen molar-refractivity contribution in [1.29, 1.82) is 0 Å². The Morgan fingerprint density at radius 2 is 2.17 bits per heavy atom. The van der Waals surface area contributed by atoms with Crippen molar-refractivity contribution >= 4 is 16.9 Å². The number of amides is 1. The summed E-state index contributed by atoms with van der Waals surface area (Å²) in [5.41, 5.74) is 2.26. The van der Waals surface area contributed by atoms with Gasteiger partial charge in [-0.05, 0) is 32.0 Å². The minimum Gasteiger partial charge on any atom is -0.388 e. The van der Waals surface area contributed by atoms with Gasteiger partial charge < -0.3 is 24.4 Å². The molecule has 7 heteroatoms. The summed E-state index contributed by atoms with van der Waals surface area (Å²) in [4.78, 5) is 18.7. The van der Waals surface area contributed by atoms with Gasteiger partial charge in [0.1, 0.15) is 18.0 Å². The molecule has 0 aliphatic carbocycles. The number of likely N-dealkylation sites (N-methyl/N-ethyl adjacent to an activating group) is 1. The molecule has 3 atom stereocenters. The third-order valence-electron chi connectivity index (χ3n) is 4.69. The first-order chi connectivity index (χ1) is 11.4. The summed E-state index contributed by atoms with van der Waals surface area (Å²) >= 11 is 0. The number of aryl methyl sites for hydroxylation is 2. The average molecular weight is 333 g/mol. The van der Waals surface area contributed by atoms with Gasteiger partial charge in [-0.15, -0.1) is 0 Å². The van der Waals surface area contributed by atoms with Crippen LogP contribution in [0.1, 0.15) is 23.1 Å². The van der Waals surface area contributed by atoms with Crippen molar-refractivity contribution in [2.24, 2.45) is 0 Å². The van der Waals surface area contributed by atoms with Crippen LogP contribution in [0.4, 0.5) is 0 Å². The molecule has 1 saturated heterocycles. The number of nitrogens with zero attached hydrogens (tertiary/aromatic N) is 3. The number of hydrogen-bond donors (Lipinski definition) is 2. The van der Waals surface area contributed by atoms with Crippen LogP contribution in [0.5, 0.6) is 0 Å². The molecule has 130 valence electrons. The maximum Gasteiger partial charge on any atom is 0.254 e. The minimum atomic E-state index is -1.02. The number of aliphatic hydroxyl groups excluding tert-OH is 2. The van der Waals surface area contributed by atoms with Gasteiger partial charge in [0.15, 0.2) is 0 Å². The SMILES string of the molecule is CCn1c(C)nc2cc(C(=O)N(C)[C@@H]3COC[C@@H](O)[C@H]3O)ccc21. The van der Waals surface area contributed by atoms with Crippen LogP contribution in [0.2, 0.25) is 0 Å². The van der Waals surface area contributed by atoms with Crippen LogP contribution in [-0.2, 0) is 11.3 Å². The highest BCUT2D eigenvalue weighted by atomic mass is 16.5. The predicted octanol–water partition coefficient (Wildman–Crippen LogP) is 0.557. The molecular formula is C17H23N3O4. The fourth-order valence-electron chi connectivity index (χ4n) is 3.24. The predicted molar refractivity (Wildman–Crippen MR) is 88.9 cm³/mol. The Morgan fingerprint density at radius 3 is 2.88 bits per heavy atom. The molecule has 0 bridgehead atoms. The van der Waals surface area contributed by atoms with E-state index < -0.39 is 18.2 Å². The van der Waals surface area contributed by atoms with Crippen LogP contribution >= 0.6 is 0 Å². The van der Waals surface area contributed by atoms with E-state index in [-0.39, 0.29) is 19.1 Å². The summed E-state index contributed by atoms with van der Waals surface area (Å²) < 4.78 is 7.34. The van der Waals surface area contributed by atoms with E-state index in [1.807, 2.05) is 13.0 Å². The fourth-order valence-corrected chi connectivity index (χ4v) is 3.24. The lowest BCUT2D eigenvalue weighted by atomic mass is 10.0. The van der Waals surface area contributed by atoms with E-state index in [0.717, 1.165) is 23.4 Å². The van der Waals surface area contributed by atoms with Gasteiger partial charge in [-0.25, -0.2) is 4.98 Å². The van der Waals surface area contributed by atoms with Crippen molar-refractivity contribution < 1.29 is 19.7 Å². The quantitative estimate of drug-likeness (QED) is 0.857. The van der Waals surface area contributed by atoms with Crippen LogP contribution in [0.15, 0.2) is 18.2 Å². The second-order valence-corrected chi connectivity index (χ2v) is 6.19. The van der Waals surface area contributed by atoms with Crippen LogP contribution in [0.25, 0.3) is 11.0 Å². The normalized spacial score (nSPS) is 24.3. The van der Waals surface area contributed by atoms with Crippen molar-refractivity contribution in [3.8, 4) is 0 Å². The van der Waals surface area contributed by atoms with Gasteiger partial charge in [-0.3, -0.25) is 4.79 Å². The number of ether oxygens (including phenoxy) is 1. The number of hydrogen-bond acceptors (Lipinski definition) is 5. The molecule has 1 aliphatic heterocycles. The molecule has 3 rings (SSSR count). The summed E-state index contributed by atoms with van der Waals surface area (Å²) in [6, 6.07) is 4.84. The van der Waals surface area contributed by atoms with Crippen molar-refractivity contribution in [3.63, 3.8) is 0 Å². The van der Waals surface area contributed by atoms with Gasteiger partial charge in [-0.2, -0.15) is 0 Å². The number of carbonyl (C=O) groups excluding carboxylic acids is 1. The highest BCUT2D eigenvalue weighted by Crippen LogP contribution is 2.21. The third kappa shape index (κ3) is 2.79. The zero-order valence-corrected chi connectivity index (χ0v) is 14.1. The Kier molecular flexibility index (Phi) is 4.58. The van der Waals surface area contributed by atoms with Crippen LogP contribution in [-0.4, -0.2) is 69.1 Å². The Hall–Kier alpha value is -1.96. The van der Waals surface area contributed by atoms with E-state index in [0.29, 0.717) is 5.56 Å². The Morgan fingerprint density at radius 1 is 1.42 bits per heavy atom. The molecule has 7 nitrogen and oxygen atoms in total. The summed E-state index contributed by atoms with van der Waals surface area (Å²) in [5.74, 6) is 0.673. The molecule has 1 aromatic carbocycles. The van der Waals surface area contributed by atoms with E-state index in [1.165, 1.54) is 4.90 Å². The lowest BCUT2D eigenvalue weighted by molar-refractivity contribution is -0.122. The molecule has 2 aromatic rings. The molecule has 0 saturated carbocycles. The molecule has 2 N–H and O–H groups in total. The number of rotatable bonds is 3. The zero-order valence-electron chi connectivity index (χ0n) is 14.1. The highest BCUT2D eigenvalue weighted by molar-refractivity contribution is 5.97. The largest absolute Gasteiger partial charge is 0.388 e. The second-order valence-electron chi connectivity index (χ2n) is 6.19. The van der Waals surface area contributed by atoms with Crippen LogP contribution < -0.4 is 0 Å². The number of imidazole rings is 1. The van der Waals surface area contributed by atoms with Crippen molar-refractivity contribution in [3.05, 3.63) is 29.6 Å². The monoisotopic (exact) mass is 333 g/mol. The van der Waals surface area contributed by atoms with E-state index in [4.69, 9.17) is 4.74 Å². The number of fused-ring (bicyclic) bond motifs is 1. The second kappa shape index (κ2) is 6.51. The first-order valence-corrected chi connectivity index (χ1v) is 8.12. The molecule has 0 spiro atoms. The standard InChI is InChI=1S/C17H23N3O4/c1-4-20-10(2)18-12-7-11(5-6-13(12)20)17(23)19(3)14-8-24-9-15(21)16(14)22/h5-7,14-16,21-22H,4,8-9H2,1-3H3/t14-,15-,16+/m1/s1. The topological polar surface area (TPSA) is 87.8 Å². The van der Waals surface area contributed by atoms with E-state index in [1.54, 1.807) is 19.2 Å². The summed E-state index contributed by atoms with van der Waals surface area (Å²) in [7, 11) is 1.61. The summed E-state index contributed by atoms with van der Waals surface area (Å²) in [5, 5.41) is 19.8. The van der Waals surface area contributed by atoms with Crippen LogP contribution in [0, 0.1) is 6.92 Å². The van der Waals surface area contributed by atoms with Gasteiger partial charge in [0, 0.05) is 19.2 Å². The summed E-state index contributed by atoms with van der Waals surface area (Å²) in [6.45, 7) is 5.09. The maximum absolute atomic E-state index is 12.7. The first-order valence-electron chi connectivity index (χ1n) is 8.12. The average Bonchev–Trinajstić information content (AvgIpc) is 2.90. The zero-order chi connectivity index (χ0) is 17.4. The van der Waals surface area contributed by atoms with Crippen molar-refractivity contribution in [1.82, 2.24) is 14.5 Å². The lowest BCUT2D eigenvalue weighted by Gasteiger charge is -2.37. The minimum absolute atomic E-state index is 0.0827. The first kappa shape index (κ1) is 16.9. The molecule has 0 unspecified atom stereocenters. The number of aromatic nitrogens is 2. The Bertz CT molecular complexity index is 758. The van der Waals surface area contributed by atoms with Crippen molar-refractivity contribution in [2.75, 3.05) is 20.3 Å². The maximum atomic E-state index is 12.7. The van der Waals surface area contributed by atoms with Crippen molar-refractivity contribution in [2.45, 2.75) is 38.6 Å². The van der Waals surface area contributed by atoms with E-state index in [9.17, 15) is 15.0 Å². The molecule has 1 aliphatic rings. The highest BCUT2D eigenvalue weighted by Gasteiger charge is 2.36. The molecule has 2 heterocycles. The third-order valence-corrected chi connectivity index (χ3v) is 4.69. The smallest absolute Gasteiger partial charge is 0.254 e. The number of aliphatic hydroxyl groups is 2. The van der Waals surface area contributed by atoms with Gasteiger partial charge in [-0.1, -0.05) is 0 Å². The fraction of sp³-hybridized carbons (Fsp3) is 0.529. The molecule has 1 amide bonds. The summed E-state index contributed by atoms with van der Waals surface area (Å²) in [6.07, 6.45) is -2.00. The molecular weight excluding hydrogens is 310 g/mol. The molecule has 24 heavy (non-hydrogen) atoms. The molecule has 1 aromatic heterocycles. The molecule has 1 fully saturated rings. The van der Waals surface area contributed by atoms with Gasteiger partial charge in [0.2, 0.25) is 0 Å². The Balaban J connectivity index is 1.88. The lowest BCUT2D eigenvalue weighted by Crippen LogP contribution is -2.56. The van der Waals surface area contributed by atoms with Gasteiger partial charge in [0.05, 0.1) is 30.3 Å². The number of carbonyl (C=O) groups is 1. The number of benzene rings is 1. The van der Waals surface area contributed by atoms with E-state index in [2.05, 4.69) is 16.5 Å². The Labute approximate surface area is 140 Å². The molecule has 0 radical (unpaired) electrons. The van der Waals surface area contributed by atoms with Gasteiger partial charge >= 0.3 is 0 Å². The van der Waals surface area contributed by atoms with Gasteiger partial charge in [0.25, 0.3) is 5.91 Å². The van der Waals surface area contributed by atoms with E-state index >= 15 is 0 Å².